The van der Waals surface area contributed by atoms with Gasteiger partial charge in [0.15, 0.2) is 11.6 Å². The Kier molecular flexibility index (Phi) is 5.47. The van der Waals surface area contributed by atoms with E-state index in [0.717, 1.165) is 11.4 Å². The van der Waals surface area contributed by atoms with Gasteiger partial charge in [0, 0.05) is 11.4 Å². The second-order valence-electron chi connectivity index (χ2n) is 5.47. The standard InChI is InChI=1S/C14H18BrF2NO/c1-14(2,3)11(7-8-15)18-13(19)9-5-4-6-10(16)12(9)17/h4-6,11H,7-8H2,1-3H3,(H,18,19). The molecule has 0 spiro atoms. The van der Waals surface area contributed by atoms with Crippen molar-refractivity contribution in [1.29, 1.82) is 0 Å². The van der Waals surface area contributed by atoms with Gasteiger partial charge in [-0.2, -0.15) is 0 Å². The van der Waals surface area contributed by atoms with Gasteiger partial charge in [0.05, 0.1) is 5.56 Å². The van der Waals surface area contributed by atoms with E-state index in [1.54, 1.807) is 0 Å². The molecule has 1 atom stereocenters. The van der Waals surface area contributed by atoms with E-state index in [4.69, 9.17) is 0 Å². The molecule has 1 rings (SSSR count). The fourth-order valence-electron chi connectivity index (χ4n) is 1.75. The van der Waals surface area contributed by atoms with Crippen molar-refractivity contribution in [3.63, 3.8) is 0 Å². The maximum Gasteiger partial charge on any atom is 0.254 e. The summed E-state index contributed by atoms with van der Waals surface area (Å²) in [6, 6.07) is 3.47. The van der Waals surface area contributed by atoms with Crippen molar-refractivity contribution in [1.82, 2.24) is 5.32 Å². The van der Waals surface area contributed by atoms with Gasteiger partial charge in [0.2, 0.25) is 0 Å². The van der Waals surface area contributed by atoms with E-state index in [2.05, 4.69) is 21.2 Å². The molecule has 1 amide bonds. The van der Waals surface area contributed by atoms with E-state index in [1.165, 1.54) is 12.1 Å². The van der Waals surface area contributed by atoms with Crippen LogP contribution in [0.5, 0.6) is 0 Å². The quantitative estimate of drug-likeness (QED) is 0.832. The minimum atomic E-state index is -1.11. The molecule has 0 heterocycles. The van der Waals surface area contributed by atoms with Gasteiger partial charge >= 0.3 is 0 Å². The smallest absolute Gasteiger partial charge is 0.254 e. The minimum absolute atomic E-state index is 0.123. The van der Waals surface area contributed by atoms with Crippen molar-refractivity contribution in [3.05, 3.63) is 35.4 Å². The third-order valence-electron chi connectivity index (χ3n) is 2.94. The molecule has 0 fully saturated rings. The van der Waals surface area contributed by atoms with Crippen LogP contribution < -0.4 is 5.32 Å². The molecule has 1 unspecified atom stereocenters. The number of hydrogen-bond donors (Lipinski definition) is 1. The third kappa shape index (κ3) is 4.27. The first-order valence-electron chi connectivity index (χ1n) is 6.08. The summed E-state index contributed by atoms with van der Waals surface area (Å²) in [5.74, 6) is -2.70. The topological polar surface area (TPSA) is 29.1 Å². The Morgan fingerprint density at radius 3 is 2.53 bits per heavy atom. The molecule has 0 bridgehead atoms. The maximum atomic E-state index is 13.5. The third-order valence-corrected chi connectivity index (χ3v) is 3.40. The average Bonchev–Trinajstić information content (AvgIpc) is 2.30. The lowest BCUT2D eigenvalue weighted by molar-refractivity contribution is 0.0895. The molecule has 1 aromatic rings. The van der Waals surface area contributed by atoms with Gasteiger partial charge in [-0.3, -0.25) is 4.79 Å². The summed E-state index contributed by atoms with van der Waals surface area (Å²) in [7, 11) is 0. The van der Waals surface area contributed by atoms with E-state index in [9.17, 15) is 13.6 Å². The largest absolute Gasteiger partial charge is 0.349 e. The van der Waals surface area contributed by atoms with Crippen molar-refractivity contribution in [3.8, 4) is 0 Å². The predicted molar refractivity (Wildman–Crippen MR) is 75.5 cm³/mol. The molecule has 2 nitrogen and oxygen atoms in total. The van der Waals surface area contributed by atoms with Gasteiger partial charge in [-0.05, 0) is 24.0 Å². The molecule has 0 saturated carbocycles. The van der Waals surface area contributed by atoms with Gasteiger partial charge < -0.3 is 5.32 Å². The van der Waals surface area contributed by atoms with Crippen LogP contribution in [0.4, 0.5) is 8.78 Å². The molecular weight excluding hydrogens is 316 g/mol. The number of nitrogens with one attached hydrogen (secondary N) is 1. The molecule has 0 radical (unpaired) electrons. The average molecular weight is 334 g/mol. The number of rotatable bonds is 4. The fraction of sp³-hybridized carbons (Fsp3) is 0.500. The number of halogens is 3. The van der Waals surface area contributed by atoms with Crippen molar-refractivity contribution in [2.24, 2.45) is 5.41 Å². The van der Waals surface area contributed by atoms with E-state index in [0.29, 0.717) is 6.42 Å². The Labute approximate surface area is 120 Å². The van der Waals surface area contributed by atoms with Crippen LogP contribution in [-0.2, 0) is 0 Å². The van der Waals surface area contributed by atoms with Gasteiger partial charge in [-0.25, -0.2) is 8.78 Å². The summed E-state index contributed by atoms with van der Waals surface area (Å²) < 4.78 is 26.6. The van der Waals surface area contributed by atoms with Gasteiger partial charge in [0.1, 0.15) is 0 Å². The molecular formula is C14H18BrF2NO. The summed E-state index contributed by atoms with van der Waals surface area (Å²) in [6.07, 6.45) is 0.714. The molecule has 1 N–H and O–H groups in total. The highest BCUT2D eigenvalue weighted by Gasteiger charge is 2.27. The Morgan fingerprint density at radius 2 is 2.00 bits per heavy atom. The summed E-state index contributed by atoms with van der Waals surface area (Å²) in [5, 5.41) is 3.49. The normalized spacial score (nSPS) is 13.2. The molecule has 0 saturated heterocycles. The van der Waals surface area contributed by atoms with Gasteiger partial charge in [-0.15, -0.1) is 0 Å². The number of hydrogen-bond acceptors (Lipinski definition) is 1. The zero-order valence-corrected chi connectivity index (χ0v) is 12.9. The SMILES string of the molecule is CC(C)(C)C(CCBr)NC(=O)c1cccc(F)c1F. The number of carbonyl (C=O) groups is 1. The fourth-order valence-corrected chi connectivity index (χ4v) is 2.20. The molecule has 0 aliphatic carbocycles. The van der Waals surface area contributed by atoms with E-state index in [-0.39, 0.29) is 17.0 Å². The lowest BCUT2D eigenvalue weighted by Crippen LogP contribution is -2.44. The zero-order chi connectivity index (χ0) is 14.6. The number of alkyl halides is 1. The van der Waals surface area contributed by atoms with Crippen LogP contribution in [0.2, 0.25) is 0 Å². The number of amides is 1. The first-order valence-corrected chi connectivity index (χ1v) is 7.20. The summed E-state index contributed by atoms with van der Waals surface area (Å²) in [4.78, 5) is 12.0. The molecule has 1 aromatic carbocycles. The highest BCUT2D eigenvalue weighted by atomic mass is 79.9. The summed E-state index contributed by atoms with van der Waals surface area (Å²) in [5.41, 5.74) is -0.420. The highest BCUT2D eigenvalue weighted by molar-refractivity contribution is 9.09. The van der Waals surface area contributed by atoms with Crippen molar-refractivity contribution >= 4 is 21.8 Å². The zero-order valence-electron chi connectivity index (χ0n) is 11.3. The predicted octanol–water partition coefficient (Wildman–Crippen LogP) is 3.89. The monoisotopic (exact) mass is 333 g/mol. The highest BCUT2D eigenvalue weighted by Crippen LogP contribution is 2.23. The van der Waals surface area contributed by atoms with Crippen molar-refractivity contribution < 1.29 is 13.6 Å². The van der Waals surface area contributed by atoms with Crippen LogP contribution in [-0.4, -0.2) is 17.3 Å². The first-order chi connectivity index (χ1) is 8.77. The second-order valence-corrected chi connectivity index (χ2v) is 6.26. The molecule has 0 aliphatic rings. The Bertz CT molecular complexity index is 457. The molecule has 106 valence electrons. The molecule has 0 aliphatic heterocycles. The van der Waals surface area contributed by atoms with Crippen LogP contribution in [0, 0.1) is 17.0 Å². The summed E-state index contributed by atoms with van der Waals surface area (Å²) in [6.45, 7) is 5.97. The van der Waals surface area contributed by atoms with Crippen molar-refractivity contribution in [2.45, 2.75) is 33.2 Å². The molecule has 0 aromatic heterocycles. The molecule has 5 heteroatoms. The Morgan fingerprint density at radius 1 is 1.37 bits per heavy atom. The molecule has 19 heavy (non-hydrogen) atoms. The van der Waals surface area contributed by atoms with Crippen LogP contribution >= 0.6 is 15.9 Å². The van der Waals surface area contributed by atoms with Gasteiger partial charge in [0.25, 0.3) is 5.91 Å². The second kappa shape index (κ2) is 6.46. The first kappa shape index (κ1) is 16.1. The van der Waals surface area contributed by atoms with E-state index in [1.807, 2.05) is 20.8 Å². The van der Waals surface area contributed by atoms with E-state index < -0.39 is 17.5 Å². The maximum absolute atomic E-state index is 13.5. The summed E-state index contributed by atoms with van der Waals surface area (Å²) >= 11 is 3.33. The van der Waals surface area contributed by atoms with Crippen LogP contribution in [0.15, 0.2) is 18.2 Å². The van der Waals surface area contributed by atoms with Gasteiger partial charge in [-0.1, -0.05) is 42.8 Å². The number of carbonyl (C=O) groups excluding carboxylic acids is 1. The Balaban J connectivity index is 2.91. The lowest BCUT2D eigenvalue weighted by atomic mass is 9.85. The van der Waals surface area contributed by atoms with Crippen molar-refractivity contribution in [2.75, 3.05) is 5.33 Å². The Hall–Kier alpha value is -0.970. The number of benzene rings is 1. The van der Waals surface area contributed by atoms with Crippen LogP contribution in [0.3, 0.4) is 0 Å². The minimum Gasteiger partial charge on any atom is -0.349 e. The van der Waals surface area contributed by atoms with Crippen LogP contribution in [0.1, 0.15) is 37.6 Å². The van der Waals surface area contributed by atoms with Crippen LogP contribution in [0.25, 0.3) is 0 Å². The van der Waals surface area contributed by atoms with E-state index >= 15 is 0 Å². The lowest BCUT2D eigenvalue weighted by Gasteiger charge is -2.31.